The highest BCUT2D eigenvalue weighted by Crippen LogP contribution is 2.22. The van der Waals surface area contributed by atoms with E-state index in [1.807, 2.05) is 0 Å². The highest BCUT2D eigenvalue weighted by atomic mass is 16.6. The number of nitrogens with one attached hydrogen (secondary N) is 2. The Morgan fingerprint density at radius 3 is 2.33 bits per heavy atom. The number of nitro groups is 1. The van der Waals surface area contributed by atoms with Crippen LogP contribution in [0.3, 0.4) is 0 Å². The lowest BCUT2D eigenvalue weighted by atomic mass is 9.94. The molecule has 0 aromatic heterocycles. The third-order valence-electron chi connectivity index (χ3n) is 2.85. The van der Waals surface area contributed by atoms with Gasteiger partial charge in [0.05, 0.1) is 16.9 Å². The molecule has 0 unspecified atom stereocenters. The fraction of sp³-hybridized carbons (Fsp3) is 0.385. The number of aliphatic carboxylic acids is 1. The van der Waals surface area contributed by atoms with Crippen LogP contribution in [0.1, 0.15) is 25.8 Å². The second-order valence-corrected chi connectivity index (χ2v) is 4.95. The summed E-state index contributed by atoms with van der Waals surface area (Å²) in [5, 5.41) is 24.2. The maximum atomic E-state index is 11.7. The van der Waals surface area contributed by atoms with E-state index in [0.29, 0.717) is 5.56 Å². The smallest absolute Gasteiger partial charge is 0.315 e. The van der Waals surface area contributed by atoms with Gasteiger partial charge >= 0.3 is 12.0 Å². The van der Waals surface area contributed by atoms with Gasteiger partial charge in [-0.25, -0.2) is 4.79 Å². The van der Waals surface area contributed by atoms with Crippen molar-refractivity contribution in [1.82, 2.24) is 10.6 Å². The number of nitro benzene ring substituents is 1. The maximum absolute atomic E-state index is 11.7. The topological polar surface area (TPSA) is 122 Å². The molecule has 0 spiro atoms. The van der Waals surface area contributed by atoms with Gasteiger partial charge in [-0.05, 0) is 31.5 Å². The quantitative estimate of drug-likeness (QED) is 0.543. The lowest BCUT2D eigenvalue weighted by Gasteiger charge is -2.26. The first-order valence-corrected chi connectivity index (χ1v) is 6.25. The first-order chi connectivity index (χ1) is 9.72. The molecule has 114 valence electrons. The zero-order valence-electron chi connectivity index (χ0n) is 11.8. The van der Waals surface area contributed by atoms with E-state index < -0.39 is 22.5 Å². The molecule has 0 atom stereocenters. The van der Waals surface area contributed by atoms with Crippen LogP contribution in [0, 0.1) is 10.1 Å². The van der Waals surface area contributed by atoms with E-state index in [-0.39, 0.29) is 18.7 Å². The van der Waals surface area contributed by atoms with Gasteiger partial charge in [0, 0.05) is 18.7 Å². The minimum absolute atomic E-state index is 0.0253. The molecule has 0 heterocycles. The molecule has 0 aliphatic carbocycles. The first kappa shape index (κ1) is 16.4. The number of rotatable bonds is 6. The third-order valence-corrected chi connectivity index (χ3v) is 2.85. The lowest BCUT2D eigenvalue weighted by Crippen LogP contribution is -2.46. The Hall–Kier alpha value is -2.64. The number of carboxylic acids is 1. The molecule has 3 N–H and O–H groups in total. The van der Waals surface area contributed by atoms with E-state index in [4.69, 9.17) is 5.11 Å². The molecule has 1 aromatic carbocycles. The second-order valence-electron chi connectivity index (χ2n) is 4.95. The van der Waals surface area contributed by atoms with E-state index in [1.54, 1.807) is 26.0 Å². The molecule has 0 aliphatic rings. The Kier molecular flexibility index (Phi) is 5.23. The van der Waals surface area contributed by atoms with Crippen LogP contribution >= 0.6 is 0 Å². The summed E-state index contributed by atoms with van der Waals surface area (Å²) in [6, 6.07) is 5.35. The molecule has 8 nitrogen and oxygen atoms in total. The molecule has 0 radical (unpaired) electrons. The number of benzene rings is 1. The number of hydrogen-bond donors (Lipinski definition) is 3. The number of carbonyl (C=O) groups is 2. The Morgan fingerprint density at radius 2 is 1.86 bits per heavy atom. The van der Waals surface area contributed by atoms with E-state index in [2.05, 4.69) is 10.6 Å². The molecule has 2 amide bonds. The van der Waals surface area contributed by atoms with E-state index in [9.17, 15) is 19.7 Å². The van der Waals surface area contributed by atoms with Crippen molar-refractivity contribution in [2.75, 3.05) is 6.54 Å². The van der Waals surface area contributed by atoms with Crippen molar-refractivity contribution < 1.29 is 19.6 Å². The van der Waals surface area contributed by atoms with Crippen LogP contribution in [0.4, 0.5) is 10.5 Å². The molecular weight excluding hydrogens is 278 g/mol. The molecule has 0 fully saturated rings. The summed E-state index contributed by atoms with van der Waals surface area (Å²) in [5.74, 6) is -0.995. The minimum atomic E-state index is -0.995. The Morgan fingerprint density at radius 1 is 1.29 bits per heavy atom. The van der Waals surface area contributed by atoms with Crippen molar-refractivity contribution in [2.24, 2.45) is 0 Å². The van der Waals surface area contributed by atoms with Gasteiger partial charge < -0.3 is 15.7 Å². The highest BCUT2D eigenvalue weighted by Gasteiger charge is 2.23. The molecular formula is C13H17N3O5. The number of carbonyl (C=O) groups excluding carboxylic acids is 1. The van der Waals surface area contributed by atoms with E-state index in [0.717, 1.165) is 0 Å². The van der Waals surface area contributed by atoms with Crippen molar-refractivity contribution in [3.05, 3.63) is 39.9 Å². The summed E-state index contributed by atoms with van der Waals surface area (Å²) in [6.45, 7) is 3.51. The fourth-order valence-electron chi connectivity index (χ4n) is 1.68. The van der Waals surface area contributed by atoms with Crippen LogP contribution in [0.15, 0.2) is 24.3 Å². The number of amides is 2. The predicted molar refractivity (Wildman–Crippen MR) is 74.9 cm³/mol. The number of carboxylic acid groups (broad SMARTS) is 1. The van der Waals surface area contributed by atoms with Crippen molar-refractivity contribution in [3.8, 4) is 0 Å². The first-order valence-electron chi connectivity index (χ1n) is 6.25. The predicted octanol–water partition coefficient (Wildman–Crippen LogP) is 1.60. The summed E-state index contributed by atoms with van der Waals surface area (Å²) >= 11 is 0. The highest BCUT2D eigenvalue weighted by molar-refractivity contribution is 5.76. The molecule has 8 heteroatoms. The summed E-state index contributed by atoms with van der Waals surface area (Å²) < 4.78 is 0. The van der Waals surface area contributed by atoms with Gasteiger partial charge in [-0.2, -0.15) is 0 Å². The SMILES string of the molecule is CC(C)(NC(=O)NCCC(=O)O)c1ccc([N+](=O)[O-])cc1. The van der Waals surface area contributed by atoms with Gasteiger partial charge in [0.2, 0.25) is 0 Å². The summed E-state index contributed by atoms with van der Waals surface area (Å²) in [7, 11) is 0. The van der Waals surface area contributed by atoms with Gasteiger partial charge in [-0.15, -0.1) is 0 Å². The van der Waals surface area contributed by atoms with E-state index >= 15 is 0 Å². The molecule has 0 bridgehead atoms. The number of nitrogens with zero attached hydrogens (tertiary/aromatic N) is 1. The van der Waals surface area contributed by atoms with Crippen molar-refractivity contribution in [3.63, 3.8) is 0 Å². The number of non-ortho nitro benzene ring substituents is 1. The molecule has 0 aliphatic heterocycles. The van der Waals surface area contributed by atoms with Crippen molar-refractivity contribution in [2.45, 2.75) is 25.8 Å². The summed E-state index contributed by atoms with van der Waals surface area (Å²) in [5.41, 5.74) is -0.0791. The monoisotopic (exact) mass is 295 g/mol. The van der Waals surface area contributed by atoms with Crippen LogP contribution in [-0.4, -0.2) is 28.6 Å². The molecule has 0 saturated heterocycles. The zero-order valence-corrected chi connectivity index (χ0v) is 11.8. The molecule has 0 saturated carbocycles. The average molecular weight is 295 g/mol. The fourth-order valence-corrected chi connectivity index (χ4v) is 1.68. The van der Waals surface area contributed by atoms with Gasteiger partial charge in [-0.3, -0.25) is 14.9 Å². The Bertz CT molecular complexity index is 539. The summed E-state index contributed by atoms with van der Waals surface area (Å²) in [6.07, 6.45) is -0.161. The van der Waals surface area contributed by atoms with Crippen molar-refractivity contribution >= 4 is 17.7 Å². The standard InChI is InChI=1S/C13H17N3O5/c1-13(2,15-12(19)14-8-7-11(17)18)9-3-5-10(6-4-9)16(20)21/h3-6H,7-8H2,1-2H3,(H,17,18)(H2,14,15,19). The number of urea groups is 1. The summed E-state index contributed by atoms with van der Waals surface area (Å²) in [4.78, 5) is 32.1. The van der Waals surface area contributed by atoms with Crippen molar-refractivity contribution in [1.29, 1.82) is 0 Å². The Labute approximate surface area is 121 Å². The molecule has 1 rings (SSSR count). The Balaban J connectivity index is 2.65. The van der Waals surface area contributed by atoms with Crippen LogP contribution in [-0.2, 0) is 10.3 Å². The minimum Gasteiger partial charge on any atom is -0.481 e. The zero-order chi connectivity index (χ0) is 16.0. The maximum Gasteiger partial charge on any atom is 0.315 e. The van der Waals surface area contributed by atoms with Gasteiger partial charge in [0.15, 0.2) is 0 Å². The molecule has 1 aromatic rings. The van der Waals surface area contributed by atoms with Crippen LogP contribution in [0.5, 0.6) is 0 Å². The van der Waals surface area contributed by atoms with Crippen LogP contribution in [0.2, 0.25) is 0 Å². The largest absolute Gasteiger partial charge is 0.481 e. The lowest BCUT2D eigenvalue weighted by molar-refractivity contribution is -0.384. The van der Waals surface area contributed by atoms with Crippen LogP contribution in [0.25, 0.3) is 0 Å². The van der Waals surface area contributed by atoms with E-state index in [1.165, 1.54) is 12.1 Å². The van der Waals surface area contributed by atoms with Crippen LogP contribution < -0.4 is 10.6 Å². The average Bonchev–Trinajstić information content (AvgIpc) is 2.37. The second kappa shape index (κ2) is 6.69. The van der Waals surface area contributed by atoms with Gasteiger partial charge in [-0.1, -0.05) is 0 Å². The normalized spacial score (nSPS) is 10.8. The number of hydrogen-bond acceptors (Lipinski definition) is 4. The van der Waals surface area contributed by atoms with Gasteiger partial charge in [0.25, 0.3) is 5.69 Å². The third kappa shape index (κ3) is 5.09. The van der Waals surface area contributed by atoms with Gasteiger partial charge in [0.1, 0.15) is 0 Å². The molecule has 21 heavy (non-hydrogen) atoms.